The quantitative estimate of drug-likeness (QED) is 0.431. The Balaban J connectivity index is 1.68. The molecule has 0 atom stereocenters. The van der Waals surface area contributed by atoms with Gasteiger partial charge in [0.1, 0.15) is 12.3 Å². The Bertz CT molecular complexity index is 1100. The fourth-order valence-electron chi connectivity index (χ4n) is 2.83. The van der Waals surface area contributed by atoms with Crippen LogP contribution < -0.4 is 10.1 Å². The van der Waals surface area contributed by atoms with Crippen LogP contribution in [-0.2, 0) is 9.59 Å². The van der Waals surface area contributed by atoms with Gasteiger partial charge < -0.3 is 10.1 Å². The average Bonchev–Trinajstić information content (AvgIpc) is 2.97. The minimum atomic E-state index is -0.505. The van der Waals surface area contributed by atoms with Crippen LogP contribution >= 0.6 is 39.3 Å². The minimum Gasteiger partial charge on any atom is -0.492 e. The normalized spacial score (nSPS) is 15.1. The highest BCUT2D eigenvalue weighted by atomic mass is 79.9. The zero-order chi connectivity index (χ0) is 23.4. The third-order valence-corrected chi connectivity index (χ3v) is 6.24. The SMILES string of the molecule is Cc1ccc(Cl)cc1NC(=O)CN1C(=O)S/C(=C/c2ccc(OCC(C)C)c(Br)c2)C1=O. The number of ether oxygens (including phenoxy) is 1. The topological polar surface area (TPSA) is 75.7 Å². The van der Waals surface area contributed by atoms with Crippen molar-refractivity contribution in [2.24, 2.45) is 5.92 Å². The van der Waals surface area contributed by atoms with Crippen molar-refractivity contribution in [3.63, 3.8) is 0 Å². The number of amides is 3. The summed E-state index contributed by atoms with van der Waals surface area (Å²) in [7, 11) is 0. The van der Waals surface area contributed by atoms with E-state index in [4.69, 9.17) is 16.3 Å². The first-order valence-electron chi connectivity index (χ1n) is 9.87. The summed E-state index contributed by atoms with van der Waals surface area (Å²) >= 11 is 10.3. The number of imide groups is 1. The first-order chi connectivity index (χ1) is 15.1. The predicted octanol–water partition coefficient (Wildman–Crippen LogP) is 6.12. The number of rotatable bonds is 7. The number of carbonyl (C=O) groups is 3. The molecule has 0 aliphatic carbocycles. The van der Waals surface area contributed by atoms with Crippen molar-refractivity contribution in [3.8, 4) is 5.75 Å². The first kappa shape index (κ1) is 24.4. The first-order valence-corrected chi connectivity index (χ1v) is 11.9. The fraction of sp³-hybridized carbons (Fsp3) is 0.261. The van der Waals surface area contributed by atoms with Gasteiger partial charge in [-0.3, -0.25) is 19.3 Å². The highest BCUT2D eigenvalue weighted by Crippen LogP contribution is 2.34. The van der Waals surface area contributed by atoms with Crippen LogP contribution in [0.5, 0.6) is 5.75 Å². The molecule has 3 rings (SSSR count). The maximum atomic E-state index is 12.7. The molecular formula is C23H22BrClN2O4S. The van der Waals surface area contributed by atoms with Crippen molar-refractivity contribution in [1.82, 2.24) is 4.90 Å². The zero-order valence-corrected chi connectivity index (χ0v) is 20.9. The minimum absolute atomic E-state index is 0.254. The highest BCUT2D eigenvalue weighted by Gasteiger charge is 2.36. The van der Waals surface area contributed by atoms with E-state index in [0.29, 0.717) is 29.0 Å². The van der Waals surface area contributed by atoms with Crippen molar-refractivity contribution in [2.45, 2.75) is 20.8 Å². The summed E-state index contributed by atoms with van der Waals surface area (Å²) in [5, 5.41) is 2.69. The lowest BCUT2D eigenvalue weighted by atomic mass is 10.2. The molecule has 0 spiro atoms. The van der Waals surface area contributed by atoms with E-state index >= 15 is 0 Å². The van der Waals surface area contributed by atoms with E-state index in [-0.39, 0.29) is 11.4 Å². The van der Waals surface area contributed by atoms with Crippen LogP contribution in [0.25, 0.3) is 6.08 Å². The molecule has 168 valence electrons. The average molecular weight is 538 g/mol. The Morgan fingerprint density at radius 1 is 1.25 bits per heavy atom. The van der Waals surface area contributed by atoms with Crippen LogP contribution in [-0.4, -0.2) is 35.1 Å². The van der Waals surface area contributed by atoms with Crippen molar-refractivity contribution < 1.29 is 19.1 Å². The molecule has 1 aliphatic rings. The lowest BCUT2D eigenvalue weighted by Crippen LogP contribution is -2.36. The molecule has 3 amide bonds. The van der Waals surface area contributed by atoms with Gasteiger partial charge in [0.15, 0.2) is 0 Å². The Labute approximate surface area is 204 Å². The Kier molecular flexibility index (Phi) is 8.03. The molecule has 2 aromatic carbocycles. The number of hydrogen-bond acceptors (Lipinski definition) is 5. The molecule has 0 aromatic heterocycles. The number of nitrogens with one attached hydrogen (secondary N) is 1. The fourth-order valence-corrected chi connectivity index (χ4v) is 4.35. The van der Waals surface area contributed by atoms with Gasteiger partial charge in [-0.2, -0.15) is 0 Å². The van der Waals surface area contributed by atoms with Gasteiger partial charge in [-0.25, -0.2) is 0 Å². The molecule has 0 bridgehead atoms. The second kappa shape index (κ2) is 10.6. The molecule has 0 unspecified atom stereocenters. The van der Waals surface area contributed by atoms with Crippen molar-refractivity contribution in [1.29, 1.82) is 0 Å². The largest absolute Gasteiger partial charge is 0.492 e. The van der Waals surface area contributed by atoms with Crippen LogP contribution in [0.15, 0.2) is 45.8 Å². The lowest BCUT2D eigenvalue weighted by molar-refractivity contribution is -0.127. The third kappa shape index (κ3) is 6.15. The second-order valence-electron chi connectivity index (χ2n) is 7.67. The van der Waals surface area contributed by atoms with E-state index < -0.39 is 17.1 Å². The van der Waals surface area contributed by atoms with Gasteiger partial charge in [-0.15, -0.1) is 0 Å². The van der Waals surface area contributed by atoms with Gasteiger partial charge in [0.05, 0.1) is 16.0 Å². The number of benzene rings is 2. The Morgan fingerprint density at radius 3 is 2.69 bits per heavy atom. The van der Waals surface area contributed by atoms with Crippen molar-refractivity contribution in [2.75, 3.05) is 18.5 Å². The molecule has 2 aromatic rings. The lowest BCUT2D eigenvalue weighted by Gasteiger charge is -2.14. The number of thioether (sulfide) groups is 1. The Hall–Kier alpha value is -2.29. The zero-order valence-electron chi connectivity index (χ0n) is 17.8. The Morgan fingerprint density at radius 2 is 2.00 bits per heavy atom. The van der Waals surface area contributed by atoms with E-state index in [1.165, 1.54) is 0 Å². The maximum absolute atomic E-state index is 12.7. The van der Waals surface area contributed by atoms with E-state index in [1.54, 1.807) is 24.3 Å². The van der Waals surface area contributed by atoms with Crippen LogP contribution in [0.3, 0.4) is 0 Å². The molecule has 6 nitrogen and oxygen atoms in total. The number of hydrogen-bond donors (Lipinski definition) is 1. The highest BCUT2D eigenvalue weighted by molar-refractivity contribution is 9.10. The molecule has 0 saturated carbocycles. The van der Waals surface area contributed by atoms with E-state index in [0.717, 1.165) is 32.3 Å². The molecule has 1 fully saturated rings. The number of anilines is 1. The molecule has 1 heterocycles. The van der Waals surface area contributed by atoms with Crippen molar-refractivity contribution in [3.05, 3.63) is 61.9 Å². The number of aryl methyl sites for hydroxylation is 1. The molecule has 9 heteroatoms. The predicted molar refractivity (Wildman–Crippen MR) is 132 cm³/mol. The maximum Gasteiger partial charge on any atom is 0.294 e. The van der Waals surface area contributed by atoms with Gasteiger partial charge in [0.25, 0.3) is 11.1 Å². The van der Waals surface area contributed by atoms with Crippen molar-refractivity contribution >= 4 is 68.1 Å². The molecule has 0 radical (unpaired) electrons. The molecule has 1 N–H and O–H groups in total. The summed E-state index contributed by atoms with van der Waals surface area (Å²) in [5.74, 6) is 0.118. The monoisotopic (exact) mass is 536 g/mol. The molecule has 1 aliphatic heterocycles. The molecule has 1 saturated heterocycles. The number of carbonyl (C=O) groups excluding carboxylic acids is 3. The van der Waals surface area contributed by atoms with Crippen LogP contribution in [0, 0.1) is 12.8 Å². The standard InChI is InChI=1S/C23H22BrClN2O4S/c1-13(2)12-31-19-7-5-15(8-17(19)24)9-20-22(29)27(23(30)32-20)11-21(28)26-18-10-16(25)6-4-14(18)3/h4-10,13H,11-12H2,1-3H3,(H,26,28)/b20-9+. The summed E-state index contributed by atoms with van der Waals surface area (Å²) in [6, 6.07) is 10.5. The van der Waals surface area contributed by atoms with Crippen LogP contribution in [0.2, 0.25) is 5.02 Å². The number of nitrogens with zero attached hydrogens (tertiary/aromatic N) is 1. The summed E-state index contributed by atoms with van der Waals surface area (Å²) in [4.78, 5) is 38.7. The smallest absolute Gasteiger partial charge is 0.294 e. The van der Waals surface area contributed by atoms with E-state index in [9.17, 15) is 14.4 Å². The van der Waals surface area contributed by atoms with Gasteiger partial charge in [-0.1, -0.05) is 37.6 Å². The van der Waals surface area contributed by atoms with E-state index in [1.807, 2.05) is 25.1 Å². The molecular weight excluding hydrogens is 516 g/mol. The van der Waals surface area contributed by atoms with Crippen LogP contribution in [0.4, 0.5) is 10.5 Å². The summed E-state index contributed by atoms with van der Waals surface area (Å²) in [6.07, 6.45) is 1.63. The number of halogens is 2. The molecule has 32 heavy (non-hydrogen) atoms. The van der Waals surface area contributed by atoms with Gasteiger partial charge in [0, 0.05) is 10.7 Å². The summed E-state index contributed by atoms with van der Waals surface area (Å²) in [5.41, 5.74) is 2.09. The van der Waals surface area contributed by atoms with Gasteiger partial charge in [-0.05, 0) is 82.0 Å². The van der Waals surface area contributed by atoms with Crippen LogP contribution in [0.1, 0.15) is 25.0 Å². The second-order valence-corrected chi connectivity index (χ2v) is 9.95. The van der Waals surface area contributed by atoms with E-state index in [2.05, 4.69) is 35.1 Å². The third-order valence-electron chi connectivity index (χ3n) is 4.47. The van der Waals surface area contributed by atoms with Gasteiger partial charge >= 0.3 is 0 Å². The summed E-state index contributed by atoms with van der Waals surface area (Å²) in [6.45, 7) is 6.17. The van der Waals surface area contributed by atoms with Gasteiger partial charge in [0.2, 0.25) is 5.91 Å². The summed E-state index contributed by atoms with van der Waals surface area (Å²) < 4.78 is 6.48.